The van der Waals surface area contributed by atoms with Crippen molar-refractivity contribution in [2.75, 3.05) is 14.2 Å². The van der Waals surface area contributed by atoms with Gasteiger partial charge in [-0.05, 0) is 35.4 Å². The average Bonchev–Trinajstić information content (AvgIpc) is 2.72. The number of hydrogen-bond donors (Lipinski definition) is 0. The van der Waals surface area contributed by atoms with Gasteiger partial charge in [0.05, 0.1) is 25.3 Å². The third-order valence-electron chi connectivity index (χ3n) is 3.97. The number of hydrogen-bond acceptors (Lipinski definition) is 3. The van der Waals surface area contributed by atoms with Crippen LogP contribution in [-0.4, -0.2) is 20.2 Å². The topological polar surface area (TPSA) is 35.5 Å². The zero-order valence-corrected chi connectivity index (χ0v) is 14.7. The van der Waals surface area contributed by atoms with E-state index in [9.17, 15) is 4.79 Å². The van der Waals surface area contributed by atoms with Crippen molar-refractivity contribution in [1.82, 2.24) is 0 Å². The second-order valence-electron chi connectivity index (χ2n) is 5.54. The Morgan fingerprint density at radius 2 is 1.46 bits per heavy atom. The molecule has 26 heavy (non-hydrogen) atoms. The lowest BCUT2D eigenvalue weighted by molar-refractivity contribution is 0.0601. The minimum absolute atomic E-state index is 0.404. The molecule has 0 bridgehead atoms. The van der Waals surface area contributed by atoms with Gasteiger partial charge in [0.1, 0.15) is 5.75 Å². The number of benzene rings is 3. The maximum Gasteiger partial charge on any atom is 0.339 e. The largest absolute Gasteiger partial charge is 0.495 e. The summed E-state index contributed by atoms with van der Waals surface area (Å²) in [5.74, 6) is 6.29. The van der Waals surface area contributed by atoms with E-state index < -0.39 is 5.97 Å². The summed E-state index contributed by atoms with van der Waals surface area (Å²) in [6.45, 7) is 0. The van der Waals surface area contributed by atoms with Gasteiger partial charge in [-0.1, -0.05) is 60.4 Å². The highest BCUT2D eigenvalue weighted by molar-refractivity contribution is 6.01. The molecule has 0 radical (unpaired) electrons. The Morgan fingerprint density at radius 1 is 0.808 bits per heavy atom. The maximum atomic E-state index is 12.6. The van der Waals surface area contributed by atoms with Gasteiger partial charge in [-0.25, -0.2) is 4.79 Å². The summed E-state index contributed by atoms with van der Waals surface area (Å²) >= 11 is 0. The number of rotatable bonds is 3. The fourth-order valence-electron chi connectivity index (χ4n) is 2.71. The van der Waals surface area contributed by atoms with E-state index in [1.54, 1.807) is 7.11 Å². The molecule has 0 aliphatic heterocycles. The van der Waals surface area contributed by atoms with E-state index in [2.05, 4.69) is 11.8 Å². The van der Waals surface area contributed by atoms with E-state index in [1.807, 2.05) is 72.8 Å². The minimum atomic E-state index is -0.444. The predicted octanol–water partition coefficient (Wildman–Crippen LogP) is 4.55. The Kier molecular flexibility index (Phi) is 5.36. The average molecular weight is 342 g/mol. The summed E-state index contributed by atoms with van der Waals surface area (Å²) in [7, 11) is 2.93. The molecule has 3 aromatic carbocycles. The van der Waals surface area contributed by atoms with Crippen LogP contribution >= 0.6 is 0 Å². The molecule has 0 atom stereocenters. The van der Waals surface area contributed by atoms with E-state index in [-0.39, 0.29) is 0 Å². The summed E-state index contributed by atoms with van der Waals surface area (Å²) in [5.41, 5.74) is 3.45. The molecule has 0 aromatic heterocycles. The van der Waals surface area contributed by atoms with Crippen LogP contribution < -0.4 is 4.74 Å². The molecule has 128 valence electrons. The lowest BCUT2D eigenvalue weighted by Crippen LogP contribution is -2.08. The van der Waals surface area contributed by atoms with Crippen molar-refractivity contribution < 1.29 is 14.3 Å². The first-order valence-electron chi connectivity index (χ1n) is 8.16. The van der Waals surface area contributed by atoms with Gasteiger partial charge in [-0.3, -0.25) is 0 Å². The van der Waals surface area contributed by atoms with E-state index >= 15 is 0 Å². The highest BCUT2D eigenvalue weighted by Crippen LogP contribution is 2.32. The minimum Gasteiger partial charge on any atom is -0.495 e. The quantitative estimate of drug-likeness (QED) is 0.517. The van der Waals surface area contributed by atoms with Crippen LogP contribution in [0.15, 0.2) is 72.8 Å². The molecule has 0 aliphatic rings. The van der Waals surface area contributed by atoms with Crippen molar-refractivity contribution >= 4 is 5.97 Å². The highest BCUT2D eigenvalue weighted by atomic mass is 16.5. The van der Waals surface area contributed by atoms with Gasteiger partial charge in [0, 0.05) is 5.56 Å². The van der Waals surface area contributed by atoms with Crippen molar-refractivity contribution in [3.05, 3.63) is 89.5 Å². The van der Waals surface area contributed by atoms with Crippen LogP contribution in [0, 0.1) is 11.8 Å². The van der Waals surface area contributed by atoms with Gasteiger partial charge in [0.15, 0.2) is 0 Å². The summed E-state index contributed by atoms with van der Waals surface area (Å²) in [4.78, 5) is 12.6. The molecule has 0 spiro atoms. The molecule has 0 saturated carbocycles. The van der Waals surface area contributed by atoms with Gasteiger partial charge in [0.2, 0.25) is 0 Å². The zero-order valence-electron chi connectivity index (χ0n) is 14.7. The molecule has 3 heteroatoms. The van der Waals surface area contributed by atoms with Crippen LogP contribution in [0.2, 0.25) is 0 Å². The van der Waals surface area contributed by atoms with Gasteiger partial charge in [0.25, 0.3) is 0 Å². The first kappa shape index (κ1) is 17.3. The third kappa shape index (κ3) is 3.60. The number of carbonyl (C=O) groups excluding carboxylic acids is 1. The van der Waals surface area contributed by atoms with Gasteiger partial charge in [-0.2, -0.15) is 0 Å². The zero-order chi connectivity index (χ0) is 18.4. The third-order valence-corrected chi connectivity index (χ3v) is 3.97. The Labute approximate surface area is 153 Å². The van der Waals surface area contributed by atoms with Crippen molar-refractivity contribution in [3.8, 4) is 28.7 Å². The van der Waals surface area contributed by atoms with Crippen molar-refractivity contribution in [2.45, 2.75) is 0 Å². The fourth-order valence-corrected chi connectivity index (χ4v) is 2.71. The number of carbonyl (C=O) groups is 1. The molecule has 0 aliphatic carbocycles. The van der Waals surface area contributed by atoms with E-state index in [4.69, 9.17) is 9.47 Å². The Bertz CT molecular complexity index is 965. The number of esters is 1. The SMILES string of the molecule is COC(=O)c1c(-c2ccccc2)ccc(OC)c1C#Cc1ccccc1. The lowest BCUT2D eigenvalue weighted by Gasteiger charge is -2.13. The molecule has 0 unspecified atom stereocenters. The molecule has 3 aromatic rings. The maximum absolute atomic E-state index is 12.6. The molecule has 0 saturated heterocycles. The van der Waals surface area contributed by atoms with E-state index in [0.29, 0.717) is 16.9 Å². The monoisotopic (exact) mass is 342 g/mol. The first-order chi connectivity index (χ1) is 12.7. The van der Waals surface area contributed by atoms with Gasteiger partial charge < -0.3 is 9.47 Å². The van der Waals surface area contributed by atoms with Crippen LogP contribution in [0.3, 0.4) is 0 Å². The Balaban J connectivity index is 2.24. The summed E-state index contributed by atoms with van der Waals surface area (Å²) in [6, 6.07) is 23.0. The molecule has 0 fully saturated rings. The Hall–Kier alpha value is -3.51. The van der Waals surface area contributed by atoms with Crippen molar-refractivity contribution in [1.29, 1.82) is 0 Å². The van der Waals surface area contributed by atoms with Crippen molar-refractivity contribution in [3.63, 3.8) is 0 Å². The summed E-state index contributed by atoms with van der Waals surface area (Å²) < 4.78 is 10.5. The summed E-state index contributed by atoms with van der Waals surface area (Å²) in [5, 5.41) is 0. The van der Waals surface area contributed by atoms with Gasteiger partial charge in [-0.15, -0.1) is 0 Å². The standard InChI is InChI=1S/C23H18O3/c1-25-21-16-15-19(18-11-7-4-8-12-18)22(23(24)26-2)20(21)14-13-17-9-5-3-6-10-17/h3-12,15-16H,1-2H3. The first-order valence-corrected chi connectivity index (χ1v) is 8.16. The second-order valence-corrected chi connectivity index (χ2v) is 5.54. The molecular weight excluding hydrogens is 324 g/mol. The van der Waals surface area contributed by atoms with E-state index in [0.717, 1.165) is 16.7 Å². The molecule has 0 heterocycles. The highest BCUT2D eigenvalue weighted by Gasteiger charge is 2.21. The predicted molar refractivity (Wildman–Crippen MR) is 102 cm³/mol. The van der Waals surface area contributed by atoms with Crippen LogP contribution in [0.5, 0.6) is 5.75 Å². The number of ether oxygens (including phenoxy) is 2. The van der Waals surface area contributed by atoms with E-state index in [1.165, 1.54) is 7.11 Å². The molecular formula is C23H18O3. The smallest absolute Gasteiger partial charge is 0.339 e. The van der Waals surface area contributed by atoms with Gasteiger partial charge >= 0.3 is 5.97 Å². The molecule has 0 N–H and O–H groups in total. The van der Waals surface area contributed by atoms with Crippen LogP contribution in [0.4, 0.5) is 0 Å². The van der Waals surface area contributed by atoms with Crippen molar-refractivity contribution in [2.24, 2.45) is 0 Å². The Morgan fingerprint density at radius 3 is 2.08 bits per heavy atom. The molecule has 3 rings (SSSR count). The normalized spacial score (nSPS) is 9.77. The van der Waals surface area contributed by atoms with Crippen LogP contribution in [-0.2, 0) is 4.74 Å². The van der Waals surface area contributed by atoms with Crippen LogP contribution in [0.1, 0.15) is 21.5 Å². The molecule has 0 amide bonds. The summed E-state index contributed by atoms with van der Waals surface area (Å²) in [6.07, 6.45) is 0. The lowest BCUT2D eigenvalue weighted by atomic mass is 9.94. The fraction of sp³-hybridized carbons (Fsp3) is 0.0870. The molecule has 3 nitrogen and oxygen atoms in total. The number of methoxy groups -OCH3 is 2. The van der Waals surface area contributed by atoms with Crippen LogP contribution in [0.25, 0.3) is 11.1 Å². The second kappa shape index (κ2) is 8.04.